The van der Waals surface area contributed by atoms with Crippen molar-refractivity contribution in [3.8, 4) is 0 Å². The average Bonchev–Trinajstić information content (AvgIpc) is 2.52. The molecule has 7 heteroatoms. The lowest BCUT2D eigenvalue weighted by Crippen LogP contribution is -2.37. The second-order valence-electron chi connectivity index (χ2n) is 4.62. The zero-order valence-corrected chi connectivity index (χ0v) is 10.4. The molecule has 1 unspecified atom stereocenters. The van der Waals surface area contributed by atoms with Crippen LogP contribution in [0.1, 0.15) is 31.5 Å². The first-order chi connectivity index (χ1) is 8.69. The lowest BCUT2D eigenvalue weighted by Gasteiger charge is -2.27. The Kier molecular flexibility index (Phi) is 4.27. The fourth-order valence-corrected chi connectivity index (χ4v) is 2.36. The number of aromatic nitrogens is 3. The van der Waals surface area contributed by atoms with Crippen molar-refractivity contribution >= 4 is 11.9 Å². The molecule has 0 bridgehead atoms. The molecule has 1 aliphatic heterocycles. The van der Waals surface area contributed by atoms with E-state index in [-0.39, 0.29) is 24.5 Å². The molecule has 0 aliphatic carbocycles. The lowest BCUT2D eigenvalue weighted by molar-refractivity contribution is 0.116. The summed E-state index contributed by atoms with van der Waals surface area (Å²) in [5, 5.41) is 9.43. The van der Waals surface area contributed by atoms with E-state index in [9.17, 15) is 5.11 Å². The molecular weight excluding hydrogens is 232 g/mol. The number of hydrogen-bond donors (Lipinski definition) is 3. The third-order valence-corrected chi connectivity index (χ3v) is 3.27. The highest BCUT2D eigenvalue weighted by atomic mass is 16.3. The van der Waals surface area contributed by atoms with Crippen LogP contribution in [0.3, 0.4) is 0 Å². The summed E-state index contributed by atoms with van der Waals surface area (Å²) in [6, 6.07) is 0.173. The van der Waals surface area contributed by atoms with Gasteiger partial charge in [-0.2, -0.15) is 15.0 Å². The van der Waals surface area contributed by atoms with E-state index in [4.69, 9.17) is 11.5 Å². The van der Waals surface area contributed by atoms with Gasteiger partial charge in [-0.25, -0.2) is 0 Å². The lowest BCUT2D eigenvalue weighted by atomic mass is 10.1. The molecule has 1 aromatic heterocycles. The molecule has 0 amide bonds. The minimum absolute atomic E-state index is 0.146. The third-order valence-electron chi connectivity index (χ3n) is 3.27. The molecule has 2 rings (SSSR count). The van der Waals surface area contributed by atoms with Gasteiger partial charge in [0, 0.05) is 6.04 Å². The smallest absolute Gasteiger partial charge is 0.225 e. The average molecular weight is 252 g/mol. The molecule has 0 spiro atoms. The Morgan fingerprint density at radius 3 is 2.50 bits per heavy atom. The fraction of sp³-hybridized carbons (Fsp3) is 0.727. The summed E-state index contributed by atoms with van der Waals surface area (Å²) in [4.78, 5) is 14.1. The van der Waals surface area contributed by atoms with Gasteiger partial charge >= 0.3 is 0 Å². The molecular formula is C11H20N6O. The number of nitrogen functional groups attached to an aromatic ring is 2. The van der Waals surface area contributed by atoms with Crippen molar-refractivity contribution in [2.75, 3.05) is 24.6 Å². The van der Waals surface area contributed by atoms with Crippen molar-refractivity contribution in [2.45, 2.75) is 38.3 Å². The fourth-order valence-electron chi connectivity index (χ4n) is 2.36. The SMILES string of the molecule is Nc1nc(N)nc(CN2CCCCCC2CO)n1. The van der Waals surface area contributed by atoms with E-state index in [1.54, 1.807) is 0 Å². The topological polar surface area (TPSA) is 114 Å². The monoisotopic (exact) mass is 252 g/mol. The number of aliphatic hydroxyl groups is 1. The van der Waals surface area contributed by atoms with Crippen LogP contribution in [0.15, 0.2) is 0 Å². The second kappa shape index (κ2) is 5.92. The number of nitrogens with two attached hydrogens (primary N) is 2. The maximum atomic E-state index is 9.43. The Morgan fingerprint density at radius 2 is 1.83 bits per heavy atom. The largest absolute Gasteiger partial charge is 0.395 e. The summed E-state index contributed by atoms with van der Waals surface area (Å²) >= 11 is 0. The summed E-state index contributed by atoms with van der Waals surface area (Å²) in [5.74, 6) is 0.862. The zero-order valence-electron chi connectivity index (χ0n) is 10.4. The van der Waals surface area contributed by atoms with Crippen LogP contribution in [0.2, 0.25) is 0 Å². The zero-order chi connectivity index (χ0) is 13.0. The molecule has 1 fully saturated rings. The van der Waals surface area contributed by atoms with Gasteiger partial charge in [0.15, 0.2) is 0 Å². The molecule has 1 saturated heterocycles. The molecule has 0 aromatic carbocycles. The summed E-state index contributed by atoms with van der Waals surface area (Å²) in [6.45, 7) is 1.66. The number of hydrogen-bond acceptors (Lipinski definition) is 7. The summed E-state index contributed by atoms with van der Waals surface area (Å²) < 4.78 is 0. The first-order valence-corrected chi connectivity index (χ1v) is 6.30. The van der Waals surface area contributed by atoms with E-state index >= 15 is 0 Å². The Balaban J connectivity index is 2.09. The molecule has 7 nitrogen and oxygen atoms in total. The Hall–Kier alpha value is -1.47. The van der Waals surface area contributed by atoms with Crippen molar-refractivity contribution < 1.29 is 5.11 Å². The highest BCUT2D eigenvalue weighted by Gasteiger charge is 2.21. The molecule has 1 atom stereocenters. The van der Waals surface area contributed by atoms with Crippen LogP contribution in [-0.2, 0) is 6.54 Å². The third kappa shape index (κ3) is 3.27. The van der Waals surface area contributed by atoms with Gasteiger partial charge in [0.1, 0.15) is 5.82 Å². The maximum Gasteiger partial charge on any atom is 0.225 e. The van der Waals surface area contributed by atoms with Crippen LogP contribution < -0.4 is 11.5 Å². The minimum atomic E-state index is 0.146. The Bertz CT molecular complexity index is 379. The van der Waals surface area contributed by atoms with Gasteiger partial charge < -0.3 is 16.6 Å². The van der Waals surface area contributed by atoms with E-state index in [0.29, 0.717) is 12.4 Å². The van der Waals surface area contributed by atoms with Crippen molar-refractivity contribution in [2.24, 2.45) is 0 Å². The van der Waals surface area contributed by atoms with Gasteiger partial charge in [-0.05, 0) is 19.4 Å². The molecule has 5 N–H and O–H groups in total. The van der Waals surface area contributed by atoms with Crippen LogP contribution in [0.4, 0.5) is 11.9 Å². The number of aliphatic hydroxyl groups excluding tert-OH is 1. The number of rotatable bonds is 3. The highest BCUT2D eigenvalue weighted by Crippen LogP contribution is 2.18. The second-order valence-corrected chi connectivity index (χ2v) is 4.62. The molecule has 1 aliphatic rings. The molecule has 1 aromatic rings. The molecule has 100 valence electrons. The van der Waals surface area contributed by atoms with E-state index in [1.165, 1.54) is 6.42 Å². The minimum Gasteiger partial charge on any atom is -0.395 e. The molecule has 0 saturated carbocycles. The standard InChI is InChI=1S/C11H20N6O/c12-10-14-9(15-11(13)16-10)6-17-5-3-1-2-4-8(17)7-18/h8,18H,1-7H2,(H4,12,13,14,15,16). The predicted octanol–water partition coefficient (Wildman–Crippen LogP) is -0.227. The normalized spacial score (nSPS) is 21.7. The number of anilines is 2. The van der Waals surface area contributed by atoms with E-state index in [2.05, 4.69) is 19.9 Å². The predicted molar refractivity (Wildman–Crippen MR) is 68.4 cm³/mol. The molecule has 2 heterocycles. The van der Waals surface area contributed by atoms with Gasteiger partial charge in [0.25, 0.3) is 0 Å². The van der Waals surface area contributed by atoms with Gasteiger partial charge in [-0.15, -0.1) is 0 Å². The molecule has 18 heavy (non-hydrogen) atoms. The van der Waals surface area contributed by atoms with E-state index in [1.807, 2.05) is 0 Å². The first-order valence-electron chi connectivity index (χ1n) is 6.30. The van der Waals surface area contributed by atoms with E-state index in [0.717, 1.165) is 25.8 Å². The number of nitrogens with zero attached hydrogens (tertiary/aromatic N) is 4. The van der Waals surface area contributed by atoms with Gasteiger partial charge in [0.05, 0.1) is 13.2 Å². The van der Waals surface area contributed by atoms with Gasteiger partial charge in [0.2, 0.25) is 11.9 Å². The summed E-state index contributed by atoms with van der Waals surface area (Å²) in [5.41, 5.74) is 11.1. The quantitative estimate of drug-likeness (QED) is 0.681. The molecule has 0 radical (unpaired) electrons. The summed E-state index contributed by atoms with van der Waals surface area (Å²) in [7, 11) is 0. The van der Waals surface area contributed by atoms with Crippen molar-refractivity contribution in [3.05, 3.63) is 5.82 Å². The van der Waals surface area contributed by atoms with Crippen molar-refractivity contribution in [3.63, 3.8) is 0 Å². The summed E-state index contributed by atoms with van der Waals surface area (Å²) in [6.07, 6.45) is 4.50. The van der Waals surface area contributed by atoms with Crippen molar-refractivity contribution in [1.82, 2.24) is 19.9 Å². The van der Waals surface area contributed by atoms with E-state index < -0.39 is 0 Å². The van der Waals surface area contributed by atoms with Crippen molar-refractivity contribution in [1.29, 1.82) is 0 Å². The maximum absolute atomic E-state index is 9.43. The van der Waals surface area contributed by atoms with Crippen LogP contribution in [-0.4, -0.2) is 44.2 Å². The van der Waals surface area contributed by atoms with Gasteiger partial charge in [-0.1, -0.05) is 12.8 Å². The van der Waals surface area contributed by atoms with Crippen LogP contribution in [0.25, 0.3) is 0 Å². The van der Waals surface area contributed by atoms with Crippen LogP contribution >= 0.6 is 0 Å². The Morgan fingerprint density at radius 1 is 1.11 bits per heavy atom. The Labute approximate surface area is 106 Å². The highest BCUT2D eigenvalue weighted by molar-refractivity contribution is 5.25. The first kappa shape index (κ1) is 13.0. The van der Waals surface area contributed by atoms with Gasteiger partial charge in [-0.3, -0.25) is 4.90 Å². The number of likely N-dealkylation sites (tertiary alicyclic amines) is 1. The van der Waals surface area contributed by atoms with Crippen LogP contribution in [0, 0.1) is 0 Å². The van der Waals surface area contributed by atoms with Crippen LogP contribution in [0.5, 0.6) is 0 Å².